The summed E-state index contributed by atoms with van der Waals surface area (Å²) >= 11 is 0. The van der Waals surface area contributed by atoms with Crippen molar-refractivity contribution in [3.63, 3.8) is 0 Å². The first-order valence-electron chi connectivity index (χ1n) is 9.41. The summed E-state index contributed by atoms with van der Waals surface area (Å²) in [4.78, 5) is 16.5. The highest BCUT2D eigenvalue weighted by molar-refractivity contribution is 5.78. The molecule has 2 aromatic carbocycles. The van der Waals surface area contributed by atoms with Crippen molar-refractivity contribution in [2.75, 3.05) is 33.3 Å². The van der Waals surface area contributed by atoms with E-state index in [0.29, 0.717) is 32.7 Å². The van der Waals surface area contributed by atoms with Crippen LogP contribution in [0.15, 0.2) is 48.5 Å². The second-order valence-electron chi connectivity index (χ2n) is 7.20. The number of β-amino-alcohol motifs (C(OH)–C–C–N with tert-alkyl or cyclic N) is 1. The summed E-state index contributed by atoms with van der Waals surface area (Å²) in [5.41, 5.74) is 3.39. The molecule has 1 amide bonds. The fraction of sp³-hybridized carbons (Fsp3) is 0.409. The van der Waals surface area contributed by atoms with Gasteiger partial charge in [0, 0.05) is 26.2 Å². The third kappa shape index (κ3) is 5.31. The van der Waals surface area contributed by atoms with E-state index in [1.165, 1.54) is 5.56 Å². The summed E-state index contributed by atoms with van der Waals surface area (Å²) < 4.78 is 5.31. The Hall–Kier alpha value is -2.37. The molecular formula is C22H28N2O3. The van der Waals surface area contributed by atoms with Gasteiger partial charge in [0.15, 0.2) is 0 Å². The first-order chi connectivity index (χ1) is 13.0. The second kappa shape index (κ2) is 9.02. The van der Waals surface area contributed by atoms with E-state index in [1.807, 2.05) is 42.2 Å². The predicted octanol–water partition coefficient (Wildman–Crippen LogP) is 2.25. The Labute approximate surface area is 161 Å². The lowest BCUT2D eigenvalue weighted by Gasteiger charge is -2.22. The fourth-order valence-corrected chi connectivity index (χ4v) is 3.61. The number of rotatable bonds is 6. The van der Waals surface area contributed by atoms with Gasteiger partial charge in [0.1, 0.15) is 5.75 Å². The molecule has 3 rings (SSSR count). The van der Waals surface area contributed by atoms with Gasteiger partial charge in [-0.15, -0.1) is 0 Å². The lowest BCUT2D eigenvalue weighted by Crippen LogP contribution is -2.38. The minimum Gasteiger partial charge on any atom is -0.496 e. The highest BCUT2D eigenvalue weighted by atomic mass is 16.5. The number of aliphatic hydroxyl groups excluding tert-OH is 1. The largest absolute Gasteiger partial charge is 0.496 e. The van der Waals surface area contributed by atoms with E-state index in [2.05, 4.69) is 18.2 Å². The van der Waals surface area contributed by atoms with E-state index >= 15 is 0 Å². The minimum absolute atomic E-state index is 0.0766. The van der Waals surface area contributed by atoms with E-state index in [9.17, 15) is 9.90 Å². The fourth-order valence-electron chi connectivity index (χ4n) is 3.61. The molecule has 5 heteroatoms. The summed E-state index contributed by atoms with van der Waals surface area (Å²) in [6.45, 7) is 4.50. The zero-order valence-corrected chi connectivity index (χ0v) is 16.1. The number of carbonyl (C=O) groups is 1. The molecule has 0 radical (unpaired) electrons. The molecule has 1 saturated heterocycles. The van der Waals surface area contributed by atoms with Crippen LogP contribution in [0.3, 0.4) is 0 Å². The Morgan fingerprint density at radius 2 is 1.89 bits per heavy atom. The Morgan fingerprint density at radius 1 is 1.11 bits per heavy atom. The molecule has 1 heterocycles. The lowest BCUT2D eigenvalue weighted by molar-refractivity contribution is -0.131. The van der Waals surface area contributed by atoms with E-state index < -0.39 is 6.10 Å². The van der Waals surface area contributed by atoms with Gasteiger partial charge in [-0.25, -0.2) is 0 Å². The van der Waals surface area contributed by atoms with Crippen LogP contribution >= 0.6 is 0 Å². The van der Waals surface area contributed by atoms with Gasteiger partial charge in [0.05, 0.1) is 19.8 Å². The molecule has 1 N–H and O–H groups in total. The van der Waals surface area contributed by atoms with Crippen molar-refractivity contribution in [1.29, 1.82) is 0 Å². The van der Waals surface area contributed by atoms with Gasteiger partial charge in [-0.1, -0.05) is 42.5 Å². The number of carbonyl (C=O) groups excluding carboxylic acids is 1. The van der Waals surface area contributed by atoms with Crippen molar-refractivity contribution in [3.05, 3.63) is 65.2 Å². The van der Waals surface area contributed by atoms with Gasteiger partial charge >= 0.3 is 0 Å². The molecular weight excluding hydrogens is 340 g/mol. The zero-order chi connectivity index (χ0) is 19.2. The van der Waals surface area contributed by atoms with Crippen LogP contribution in [0, 0.1) is 6.92 Å². The molecule has 144 valence electrons. The van der Waals surface area contributed by atoms with E-state index in [1.54, 1.807) is 12.0 Å². The summed E-state index contributed by atoms with van der Waals surface area (Å²) in [6.07, 6.45) is 0.267. The molecule has 0 saturated carbocycles. The van der Waals surface area contributed by atoms with Gasteiger partial charge in [-0.05, 0) is 36.1 Å². The number of methoxy groups -OCH3 is 1. The lowest BCUT2D eigenvalue weighted by atomic mass is 10.1. The van der Waals surface area contributed by atoms with Crippen LogP contribution in [-0.4, -0.2) is 60.2 Å². The normalized spacial score (nSPS) is 18.4. The van der Waals surface area contributed by atoms with Crippen LogP contribution in [0.5, 0.6) is 5.75 Å². The Bertz CT molecular complexity index is 763. The molecule has 1 atom stereocenters. The number of benzene rings is 2. The van der Waals surface area contributed by atoms with Gasteiger partial charge in [-0.2, -0.15) is 0 Å². The van der Waals surface area contributed by atoms with Crippen LogP contribution in [0.2, 0.25) is 0 Å². The molecule has 0 bridgehead atoms. The zero-order valence-electron chi connectivity index (χ0n) is 16.1. The van der Waals surface area contributed by atoms with Crippen molar-refractivity contribution in [1.82, 2.24) is 9.80 Å². The maximum Gasteiger partial charge on any atom is 0.236 e. The first-order valence-corrected chi connectivity index (χ1v) is 9.41. The van der Waals surface area contributed by atoms with E-state index in [0.717, 1.165) is 23.3 Å². The molecule has 0 spiro atoms. The predicted molar refractivity (Wildman–Crippen MR) is 106 cm³/mol. The molecule has 1 aliphatic heterocycles. The van der Waals surface area contributed by atoms with Crippen LogP contribution in [0.4, 0.5) is 0 Å². The minimum atomic E-state index is -0.536. The Morgan fingerprint density at radius 3 is 2.59 bits per heavy atom. The highest BCUT2D eigenvalue weighted by Crippen LogP contribution is 2.20. The van der Waals surface area contributed by atoms with Crippen molar-refractivity contribution in [2.45, 2.75) is 26.0 Å². The van der Waals surface area contributed by atoms with Gasteiger partial charge in [0.2, 0.25) is 5.91 Å². The third-order valence-corrected chi connectivity index (χ3v) is 4.99. The van der Waals surface area contributed by atoms with Crippen molar-refractivity contribution >= 4 is 5.91 Å². The molecule has 5 nitrogen and oxygen atoms in total. The third-order valence-electron chi connectivity index (χ3n) is 4.99. The molecule has 1 aliphatic rings. The van der Waals surface area contributed by atoms with Crippen molar-refractivity contribution in [3.8, 4) is 5.75 Å². The molecule has 0 aromatic heterocycles. The standard InChI is InChI=1S/C22H28N2O3/c1-17-12-19(8-9-21(17)27-2)13-23-14-20(25)15-24(22(26)16-23)11-10-18-6-4-3-5-7-18/h3-9,12,20,25H,10-11,13-16H2,1-2H3. The number of aryl methyl sites for hydroxylation is 1. The molecule has 2 aromatic rings. The van der Waals surface area contributed by atoms with E-state index in [4.69, 9.17) is 4.74 Å². The number of ether oxygens (including phenoxy) is 1. The number of amides is 1. The second-order valence-corrected chi connectivity index (χ2v) is 7.20. The topological polar surface area (TPSA) is 53.0 Å². The Balaban J connectivity index is 1.61. The monoisotopic (exact) mass is 368 g/mol. The average Bonchev–Trinajstić information content (AvgIpc) is 2.78. The summed E-state index contributed by atoms with van der Waals surface area (Å²) in [7, 11) is 1.66. The van der Waals surface area contributed by atoms with Crippen LogP contribution in [-0.2, 0) is 17.8 Å². The summed E-state index contributed by atoms with van der Waals surface area (Å²) in [6, 6.07) is 16.2. The van der Waals surface area contributed by atoms with Crippen LogP contribution in [0.25, 0.3) is 0 Å². The average molecular weight is 368 g/mol. The summed E-state index contributed by atoms with van der Waals surface area (Å²) in [5, 5.41) is 10.4. The van der Waals surface area contributed by atoms with E-state index in [-0.39, 0.29) is 5.91 Å². The molecule has 1 unspecified atom stereocenters. The smallest absolute Gasteiger partial charge is 0.236 e. The van der Waals surface area contributed by atoms with Gasteiger partial charge in [-0.3, -0.25) is 9.69 Å². The summed E-state index contributed by atoms with van der Waals surface area (Å²) in [5.74, 6) is 0.936. The number of hydrogen-bond donors (Lipinski definition) is 1. The highest BCUT2D eigenvalue weighted by Gasteiger charge is 2.26. The number of aliphatic hydroxyl groups is 1. The Kier molecular flexibility index (Phi) is 6.48. The van der Waals surface area contributed by atoms with Gasteiger partial charge < -0.3 is 14.7 Å². The maximum absolute atomic E-state index is 12.7. The SMILES string of the molecule is COc1ccc(CN2CC(=O)N(CCc3ccccc3)CC(O)C2)cc1C. The molecule has 1 fully saturated rings. The maximum atomic E-state index is 12.7. The van der Waals surface area contributed by atoms with Crippen LogP contribution in [0.1, 0.15) is 16.7 Å². The molecule has 27 heavy (non-hydrogen) atoms. The van der Waals surface area contributed by atoms with Crippen LogP contribution < -0.4 is 4.74 Å². The van der Waals surface area contributed by atoms with Crippen molar-refractivity contribution < 1.29 is 14.6 Å². The quantitative estimate of drug-likeness (QED) is 0.850. The number of hydrogen-bond acceptors (Lipinski definition) is 4. The number of nitrogens with zero attached hydrogens (tertiary/aromatic N) is 2. The molecule has 0 aliphatic carbocycles. The van der Waals surface area contributed by atoms with Crippen molar-refractivity contribution in [2.24, 2.45) is 0 Å². The van der Waals surface area contributed by atoms with Gasteiger partial charge in [0.25, 0.3) is 0 Å². The first kappa shape index (κ1) is 19.4.